The molecule has 0 aliphatic rings. The van der Waals surface area contributed by atoms with Crippen LogP contribution in [0.15, 0.2) is 36.4 Å². The summed E-state index contributed by atoms with van der Waals surface area (Å²) in [7, 11) is 3.19. The number of nitrogens with one attached hydrogen (secondary N) is 1. The minimum Gasteiger partial charge on any atom is -0.496 e. The average Bonchev–Trinajstić information content (AvgIpc) is 2.51. The van der Waals surface area contributed by atoms with Gasteiger partial charge in [-0.1, -0.05) is 17.7 Å². The monoisotopic (exact) mass is 319 g/mol. The van der Waals surface area contributed by atoms with Crippen molar-refractivity contribution in [2.75, 3.05) is 19.5 Å². The van der Waals surface area contributed by atoms with Crippen LogP contribution in [0.4, 0.5) is 5.69 Å². The molecule has 0 aromatic heterocycles. The van der Waals surface area contributed by atoms with Gasteiger partial charge in [0.15, 0.2) is 0 Å². The molecule has 1 N–H and O–H groups in total. The third-order valence-electron chi connectivity index (χ3n) is 3.29. The number of rotatable bonds is 5. The van der Waals surface area contributed by atoms with Crippen LogP contribution in [-0.2, 0) is 11.3 Å². The number of carbonyl (C=O) groups excluding carboxylic acids is 1. The first-order valence-electron chi connectivity index (χ1n) is 6.78. The lowest BCUT2D eigenvalue weighted by atomic mass is 10.1. The molecular formula is C17H18ClNO3. The Labute approximate surface area is 135 Å². The minimum absolute atomic E-state index is 0.203. The second-order valence-corrected chi connectivity index (χ2v) is 5.31. The van der Waals surface area contributed by atoms with Crippen LogP contribution in [0.25, 0.3) is 0 Å². The molecule has 2 aromatic rings. The Hall–Kier alpha value is -2.04. The maximum atomic E-state index is 12.4. The Morgan fingerprint density at radius 3 is 2.64 bits per heavy atom. The van der Waals surface area contributed by atoms with Gasteiger partial charge < -0.3 is 14.8 Å². The van der Waals surface area contributed by atoms with E-state index in [4.69, 9.17) is 21.1 Å². The van der Waals surface area contributed by atoms with Crippen LogP contribution in [0, 0.1) is 6.92 Å². The van der Waals surface area contributed by atoms with E-state index < -0.39 is 0 Å². The molecule has 2 aromatic carbocycles. The number of anilines is 1. The van der Waals surface area contributed by atoms with E-state index in [0.717, 1.165) is 11.1 Å². The number of hydrogen-bond acceptors (Lipinski definition) is 3. The number of amides is 1. The minimum atomic E-state index is -0.203. The normalized spacial score (nSPS) is 10.4. The van der Waals surface area contributed by atoms with Crippen LogP contribution in [-0.4, -0.2) is 20.1 Å². The zero-order valence-electron chi connectivity index (χ0n) is 12.8. The summed E-state index contributed by atoms with van der Waals surface area (Å²) in [6, 6.07) is 10.6. The molecule has 0 fully saturated rings. The Bertz CT molecular complexity index is 686. The van der Waals surface area contributed by atoms with Gasteiger partial charge in [-0.25, -0.2) is 0 Å². The Morgan fingerprint density at radius 2 is 1.95 bits per heavy atom. The number of hydrogen-bond donors (Lipinski definition) is 1. The van der Waals surface area contributed by atoms with E-state index in [-0.39, 0.29) is 5.91 Å². The molecule has 0 aliphatic carbocycles. The van der Waals surface area contributed by atoms with Crippen molar-refractivity contribution in [2.24, 2.45) is 0 Å². The molecule has 5 heteroatoms. The number of aryl methyl sites for hydroxylation is 1. The van der Waals surface area contributed by atoms with Gasteiger partial charge in [0, 0.05) is 28.9 Å². The molecule has 0 atom stereocenters. The standard InChI is InChI=1S/C17H18ClNO3/c1-11-4-6-14(18)9-15(11)19-17(20)12-5-7-16(22-3)13(8-12)10-21-2/h4-9H,10H2,1-3H3,(H,19,20). The van der Waals surface area contributed by atoms with Crippen molar-refractivity contribution in [1.29, 1.82) is 0 Å². The molecular weight excluding hydrogens is 302 g/mol. The largest absolute Gasteiger partial charge is 0.496 e. The van der Waals surface area contributed by atoms with Crippen molar-refractivity contribution in [3.05, 3.63) is 58.1 Å². The third-order valence-corrected chi connectivity index (χ3v) is 3.53. The molecule has 4 nitrogen and oxygen atoms in total. The van der Waals surface area contributed by atoms with E-state index in [1.54, 1.807) is 44.6 Å². The van der Waals surface area contributed by atoms with Gasteiger partial charge in [0.2, 0.25) is 0 Å². The van der Waals surface area contributed by atoms with Gasteiger partial charge in [-0.05, 0) is 42.8 Å². The maximum Gasteiger partial charge on any atom is 0.255 e. The summed E-state index contributed by atoms with van der Waals surface area (Å²) in [5.74, 6) is 0.489. The predicted octanol–water partition coefficient (Wildman–Crippen LogP) is 4.06. The van der Waals surface area contributed by atoms with E-state index in [1.807, 2.05) is 13.0 Å². The zero-order chi connectivity index (χ0) is 16.1. The van der Waals surface area contributed by atoms with E-state index >= 15 is 0 Å². The smallest absolute Gasteiger partial charge is 0.255 e. The lowest BCUT2D eigenvalue weighted by Crippen LogP contribution is -2.13. The van der Waals surface area contributed by atoms with Crippen molar-refractivity contribution in [1.82, 2.24) is 0 Å². The number of benzene rings is 2. The summed E-state index contributed by atoms with van der Waals surface area (Å²) in [6.07, 6.45) is 0. The van der Waals surface area contributed by atoms with Crippen LogP contribution >= 0.6 is 11.6 Å². The van der Waals surface area contributed by atoms with Gasteiger partial charge in [-0.3, -0.25) is 4.79 Å². The Balaban J connectivity index is 2.25. The first-order chi connectivity index (χ1) is 10.5. The van der Waals surface area contributed by atoms with Crippen LogP contribution < -0.4 is 10.1 Å². The van der Waals surface area contributed by atoms with Gasteiger partial charge in [0.25, 0.3) is 5.91 Å². The topological polar surface area (TPSA) is 47.6 Å². The molecule has 0 radical (unpaired) electrons. The zero-order valence-corrected chi connectivity index (χ0v) is 13.5. The van der Waals surface area contributed by atoms with Gasteiger partial charge in [0.1, 0.15) is 5.75 Å². The molecule has 0 bridgehead atoms. The third kappa shape index (κ3) is 3.78. The molecule has 0 unspecified atom stereocenters. The van der Waals surface area contributed by atoms with Crippen molar-refractivity contribution in [3.63, 3.8) is 0 Å². The molecule has 0 aliphatic heterocycles. The van der Waals surface area contributed by atoms with Crippen LogP contribution in [0.2, 0.25) is 5.02 Å². The Morgan fingerprint density at radius 1 is 1.18 bits per heavy atom. The molecule has 22 heavy (non-hydrogen) atoms. The highest BCUT2D eigenvalue weighted by atomic mass is 35.5. The summed E-state index contributed by atoms with van der Waals surface area (Å²) in [5.41, 5.74) is 3.00. The summed E-state index contributed by atoms with van der Waals surface area (Å²) >= 11 is 5.97. The van der Waals surface area contributed by atoms with Gasteiger partial charge in [-0.2, -0.15) is 0 Å². The van der Waals surface area contributed by atoms with Gasteiger partial charge in [0.05, 0.1) is 13.7 Å². The summed E-state index contributed by atoms with van der Waals surface area (Å²) in [5, 5.41) is 3.45. The molecule has 2 rings (SSSR count). The van der Waals surface area contributed by atoms with Gasteiger partial charge >= 0.3 is 0 Å². The molecule has 0 spiro atoms. The van der Waals surface area contributed by atoms with Crippen LogP contribution in [0.5, 0.6) is 5.75 Å². The van der Waals surface area contributed by atoms with Crippen molar-refractivity contribution in [3.8, 4) is 5.75 Å². The highest BCUT2D eigenvalue weighted by Gasteiger charge is 2.11. The lowest BCUT2D eigenvalue weighted by molar-refractivity contribution is 0.102. The highest BCUT2D eigenvalue weighted by Crippen LogP contribution is 2.23. The first-order valence-corrected chi connectivity index (χ1v) is 7.16. The maximum absolute atomic E-state index is 12.4. The number of methoxy groups -OCH3 is 2. The number of ether oxygens (including phenoxy) is 2. The van der Waals surface area contributed by atoms with E-state index in [1.165, 1.54) is 0 Å². The Kier molecular flexibility index (Phi) is 5.41. The fourth-order valence-electron chi connectivity index (χ4n) is 2.11. The fourth-order valence-corrected chi connectivity index (χ4v) is 2.28. The lowest BCUT2D eigenvalue weighted by Gasteiger charge is -2.12. The highest BCUT2D eigenvalue weighted by molar-refractivity contribution is 6.31. The molecule has 0 heterocycles. The SMILES string of the molecule is COCc1cc(C(=O)Nc2cc(Cl)ccc2C)ccc1OC. The molecule has 116 valence electrons. The average molecular weight is 320 g/mol. The first kappa shape index (κ1) is 16.3. The summed E-state index contributed by atoms with van der Waals surface area (Å²) in [6.45, 7) is 2.29. The van der Waals surface area contributed by atoms with Crippen molar-refractivity contribution < 1.29 is 14.3 Å². The number of halogens is 1. The molecule has 1 amide bonds. The summed E-state index contributed by atoms with van der Waals surface area (Å²) < 4.78 is 10.4. The summed E-state index contributed by atoms with van der Waals surface area (Å²) in [4.78, 5) is 12.4. The fraction of sp³-hybridized carbons (Fsp3) is 0.235. The van der Waals surface area contributed by atoms with Crippen molar-refractivity contribution in [2.45, 2.75) is 13.5 Å². The van der Waals surface area contributed by atoms with Gasteiger partial charge in [-0.15, -0.1) is 0 Å². The van der Waals surface area contributed by atoms with E-state index in [0.29, 0.717) is 28.6 Å². The predicted molar refractivity (Wildman–Crippen MR) is 87.8 cm³/mol. The molecule has 0 saturated heterocycles. The number of carbonyl (C=O) groups is 1. The quantitative estimate of drug-likeness (QED) is 0.904. The second kappa shape index (κ2) is 7.29. The van der Waals surface area contributed by atoms with Crippen LogP contribution in [0.1, 0.15) is 21.5 Å². The van der Waals surface area contributed by atoms with E-state index in [2.05, 4.69) is 5.32 Å². The molecule has 0 saturated carbocycles. The van der Waals surface area contributed by atoms with E-state index in [9.17, 15) is 4.79 Å². The van der Waals surface area contributed by atoms with Crippen LogP contribution in [0.3, 0.4) is 0 Å². The second-order valence-electron chi connectivity index (χ2n) is 4.87. The van der Waals surface area contributed by atoms with Crippen molar-refractivity contribution >= 4 is 23.2 Å².